The number of benzene rings is 1. The molecule has 0 aromatic heterocycles. The van der Waals surface area contributed by atoms with E-state index < -0.39 is 0 Å². The van der Waals surface area contributed by atoms with Crippen LogP contribution in [-0.4, -0.2) is 12.6 Å². The summed E-state index contributed by atoms with van der Waals surface area (Å²) in [6.07, 6.45) is 8.20. The molecule has 1 heteroatoms. The molecule has 1 aliphatic heterocycles. The van der Waals surface area contributed by atoms with Crippen LogP contribution in [0, 0.1) is 0 Å². The maximum Gasteiger partial charge on any atom is 0.00733 e. The average molecular weight is 215 g/mol. The summed E-state index contributed by atoms with van der Waals surface area (Å²) >= 11 is 0. The fourth-order valence-corrected chi connectivity index (χ4v) is 3.40. The normalized spacial score (nSPS) is 29.0. The SMILES string of the molecule is c1ccc2c(c1)CCCC2CC1CCCN1. The molecule has 1 aromatic carbocycles. The lowest BCUT2D eigenvalue weighted by Crippen LogP contribution is -2.25. The van der Waals surface area contributed by atoms with Crippen LogP contribution in [0.3, 0.4) is 0 Å². The Bertz CT molecular complexity index is 352. The summed E-state index contributed by atoms with van der Waals surface area (Å²) in [5.41, 5.74) is 3.25. The molecule has 1 heterocycles. The Kier molecular flexibility index (Phi) is 2.96. The first-order valence-corrected chi connectivity index (χ1v) is 6.74. The second-order valence-electron chi connectivity index (χ2n) is 5.32. The predicted octanol–water partition coefficient (Wildman–Crippen LogP) is 3.25. The molecular weight excluding hydrogens is 194 g/mol. The Hall–Kier alpha value is -0.820. The van der Waals surface area contributed by atoms with Crippen molar-refractivity contribution in [2.75, 3.05) is 6.54 Å². The number of hydrogen-bond donors (Lipinski definition) is 1. The highest BCUT2D eigenvalue weighted by Crippen LogP contribution is 2.35. The Morgan fingerprint density at radius 3 is 2.94 bits per heavy atom. The Morgan fingerprint density at radius 1 is 1.12 bits per heavy atom. The molecule has 86 valence electrons. The molecule has 2 aliphatic rings. The van der Waals surface area contributed by atoms with E-state index in [1.165, 1.54) is 45.1 Å². The highest BCUT2D eigenvalue weighted by atomic mass is 14.9. The van der Waals surface area contributed by atoms with Crippen molar-refractivity contribution >= 4 is 0 Å². The molecule has 0 radical (unpaired) electrons. The van der Waals surface area contributed by atoms with Gasteiger partial charge >= 0.3 is 0 Å². The van der Waals surface area contributed by atoms with Gasteiger partial charge < -0.3 is 5.32 Å². The first-order valence-electron chi connectivity index (χ1n) is 6.74. The van der Waals surface area contributed by atoms with Gasteiger partial charge in [0, 0.05) is 6.04 Å². The van der Waals surface area contributed by atoms with E-state index in [-0.39, 0.29) is 0 Å². The molecule has 1 saturated heterocycles. The van der Waals surface area contributed by atoms with E-state index in [0.717, 1.165) is 12.0 Å². The largest absolute Gasteiger partial charge is 0.314 e. The minimum absolute atomic E-state index is 0.788. The van der Waals surface area contributed by atoms with Crippen molar-refractivity contribution in [3.63, 3.8) is 0 Å². The lowest BCUT2D eigenvalue weighted by molar-refractivity contribution is 0.445. The van der Waals surface area contributed by atoms with Gasteiger partial charge in [0.1, 0.15) is 0 Å². The van der Waals surface area contributed by atoms with Crippen molar-refractivity contribution in [3.8, 4) is 0 Å². The first kappa shape index (κ1) is 10.3. The molecule has 1 N–H and O–H groups in total. The molecule has 1 fully saturated rings. The minimum atomic E-state index is 0.788. The zero-order valence-electron chi connectivity index (χ0n) is 9.91. The van der Waals surface area contributed by atoms with Crippen LogP contribution in [0.2, 0.25) is 0 Å². The van der Waals surface area contributed by atoms with Crippen molar-refractivity contribution in [1.82, 2.24) is 5.32 Å². The smallest absolute Gasteiger partial charge is 0.00733 e. The molecule has 0 saturated carbocycles. The van der Waals surface area contributed by atoms with Crippen LogP contribution in [0.25, 0.3) is 0 Å². The Balaban J connectivity index is 1.76. The van der Waals surface area contributed by atoms with Gasteiger partial charge in [-0.25, -0.2) is 0 Å². The van der Waals surface area contributed by atoms with Crippen LogP contribution in [0.4, 0.5) is 0 Å². The van der Waals surface area contributed by atoms with Crippen LogP contribution in [0.5, 0.6) is 0 Å². The van der Waals surface area contributed by atoms with Gasteiger partial charge in [-0.2, -0.15) is 0 Å². The van der Waals surface area contributed by atoms with Crippen LogP contribution in [0.15, 0.2) is 24.3 Å². The standard InChI is InChI=1S/C15H21N/c1-2-9-15-12(5-1)6-3-7-13(15)11-14-8-4-10-16-14/h1-2,5,9,13-14,16H,3-4,6-8,10-11H2. The van der Waals surface area contributed by atoms with Gasteiger partial charge in [-0.05, 0) is 62.1 Å². The first-order chi connectivity index (χ1) is 7.93. The van der Waals surface area contributed by atoms with Gasteiger partial charge in [-0.15, -0.1) is 0 Å². The highest BCUT2D eigenvalue weighted by Gasteiger charge is 2.24. The number of aryl methyl sites for hydroxylation is 1. The monoisotopic (exact) mass is 215 g/mol. The van der Waals surface area contributed by atoms with Crippen molar-refractivity contribution in [1.29, 1.82) is 0 Å². The fraction of sp³-hybridized carbons (Fsp3) is 0.600. The average Bonchev–Trinajstić information content (AvgIpc) is 2.82. The number of hydrogen-bond acceptors (Lipinski definition) is 1. The molecule has 16 heavy (non-hydrogen) atoms. The zero-order chi connectivity index (χ0) is 10.8. The van der Waals surface area contributed by atoms with E-state index in [0.29, 0.717) is 0 Å². The van der Waals surface area contributed by atoms with Gasteiger partial charge in [0.15, 0.2) is 0 Å². The molecule has 1 nitrogen and oxygen atoms in total. The summed E-state index contributed by atoms with van der Waals surface area (Å²) in [7, 11) is 0. The van der Waals surface area contributed by atoms with Crippen molar-refractivity contribution in [2.24, 2.45) is 0 Å². The molecule has 1 aromatic rings. The third-order valence-corrected chi connectivity index (χ3v) is 4.23. The van der Waals surface area contributed by atoms with Gasteiger partial charge in [0.2, 0.25) is 0 Å². The van der Waals surface area contributed by atoms with Gasteiger partial charge in [-0.3, -0.25) is 0 Å². The number of fused-ring (bicyclic) bond motifs is 1. The van der Waals surface area contributed by atoms with E-state index in [4.69, 9.17) is 0 Å². The van der Waals surface area contributed by atoms with Crippen molar-refractivity contribution in [3.05, 3.63) is 35.4 Å². The summed E-state index contributed by atoms with van der Waals surface area (Å²) in [4.78, 5) is 0. The maximum absolute atomic E-state index is 3.63. The molecule has 0 amide bonds. The molecule has 0 bridgehead atoms. The molecule has 3 rings (SSSR count). The van der Waals surface area contributed by atoms with Gasteiger partial charge in [-0.1, -0.05) is 24.3 Å². The lowest BCUT2D eigenvalue weighted by Gasteiger charge is -2.27. The summed E-state index contributed by atoms with van der Waals surface area (Å²) in [6, 6.07) is 9.86. The third-order valence-electron chi connectivity index (χ3n) is 4.23. The quantitative estimate of drug-likeness (QED) is 0.798. The molecular formula is C15H21N. The van der Waals surface area contributed by atoms with Crippen LogP contribution >= 0.6 is 0 Å². The number of rotatable bonds is 2. The van der Waals surface area contributed by atoms with E-state index in [1.807, 2.05) is 0 Å². The molecule has 2 unspecified atom stereocenters. The molecule has 1 aliphatic carbocycles. The van der Waals surface area contributed by atoms with Crippen LogP contribution in [-0.2, 0) is 6.42 Å². The highest BCUT2D eigenvalue weighted by molar-refractivity contribution is 5.32. The minimum Gasteiger partial charge on any atom is -0.314 e. The van der Waals surface area contributed by atoms with Crippen LogP contribution < -0.4 is 5.32 Å². The summed E-state index contributed by atoms with van der Waals surface area (Å²) in [6.45, 7) is 1.24. The van der Waals surface area contributed by atoms with E-state index in [9.17, 15) is 0 Å². The third kappa shape index (κ3) is 2.01. The summed E-state index contributed by atoms with van der Waals surface area (Å²) in [5.74, 6) is 0.820. The fourth-order valence-electron chi connectivity index (χ4n) is 3.40. The van der Waals surface area contributed by atoms with Gasteiger partial charge in [0.05, 0.1) is 0 Å². The summed E-state index contributed by atoms with van der Waals surface area (Å²) in [5, 5.41) is 3.63. The topological polar surface area (TPSA) is 12.0 Å². The summed E-state index contributed by atoms with van der Waals surface area (Å²) < 4.78 is 0. The van der Waals surface area contributed by atoms with Crippen molar-refractivity contribution < 1.29 is 0 Å². The predicted molar refractivity (Wildman–Crippen MR) is 67.8 cm³/mol. The van der Waals surface area contributed by atoms with E-state index >= 15 is 0 Å². The van der Waals surface area contributed by atoms with E-state index in [1.54, 1.807) is 11.1 Å². The maximum atomic E-state index is 3.63. The Labute approximate surface area is 98.3 Å². The van der Waals surface area contributed by atoms with Gasteiger partial charge in [0.25, 0.3) is 0 Å². The lowest BCUT2D eigenvalue weighted by atomic mass is 9.79. The second-order valence-corrected chi connectivity index (χ2v) is 5.32. The molecule has 2 atom stereocenters. The second kappa shape index (κ2) is 4.58. The molecule has 0 spiro atoms. The Morgan fingerprint density at radius 2 is 2.06 bits per heavy atom. The number of nitrogens with one attached hydrogen (secondary N) is 1. The zero-order valence-corrected chi connectivity index (χ0v) is 9.91. The van der Waals surface area contributed by atoms with Crippen LogP contribution in [0.1, 0.15) is 49.1 Å². The van der Waals surface area contributed by atoms with Crippen molar-refractivity contribution in [2.45, 2.75) is 50.5 Å². The van der Waals surface area contributed by atoms with E-state index in [2.05, 4.69) is 29.6 Å².